The number of nitrogens with zero attached hydrogens (tertiary/aromatic N) is 7. The Morgan fingerprint density at radius 2 is 1.97 bits per heavy atom. The molecule has 1 amide bonds. The molecule has 174 valence electrons. The smallest absolute Gasteiger partial charge is 0.232 e. The maximum absolute atomic E-state index is 13.3. The average Bonchev–Trinajstić information content (AvgIpc) is 3.42. The molecule has 1 fully saturated rings. The van der Waals surface area contributed by atoms with Crippen molar-refractivity contribution in [3.8, 4) is 5.82 Å². The molecule has 1 aliphatic carbocycles. The third kappa shape index (κ3) is 3.44. The molecular formula is C22H20Cl2N8O2. The standard InChI is InChI=1S/C22H20Cl2N8O2/c1-22(2)5-13(14-7-25-18-4-17(24)30-31(18)19(14)22)21(33)28-12-3-15(23)20(26-6-12)32-27-8-16(29-32)11-9-34-10-11/h3-4,6-8,11,13H,5,9-10H2,1-2H3,(H,28,33)/t13-/m0/s1. The summed E-state index contributed by atoms with van der Waals surface area (Å²) in [5, 5.41) is 16.7. The molecule has 6 rings (SSSR count). The van der Waals surface area contributed by atoms with Gasteiger partial charge in [-0.25, -0.2) is 14.5 Å². The topological polar surface area (TPSA) is 112 Å². The maximum atomic E-state index is 13.3. The van der Waals surface area contributed by atoms with Gasteiger partial charge in [0.2, 0.25) is 5.91 Å². The molecule has 0 bridgehead atoms. The molecule has 10 nitrogen and oxygen atoms in total. The molecule has 0 aromatic carbocycles. The molecule has 1 atom stereocenters. The first-order valence-electron chi connectivity index (χ1n) is 10.8. The van der Waals surface area contributed by atoms with E-state index in [0.29, 0.717) is 47.0 Å². The summed E-state index contributed by atoms with van der Waals surface area (Å²) >= 11 is 12.6. The lowest BCUT2D eigenvalue weighted by Crippen LogP contribution is -2.25. The first-order valence-corrected chi connectivity index (χ1v) is 11.6. The zero-order valence-corrected chi connectivity index (χ0v) is 19.9. The van der Waals surface area contributed by atoms with E-state index < -0.39 is 5.92 Å². The summed E-state index contributed by atoms with van der Waals surface area (Å²) in [6.07, 6.45) is 5.59. The summed E-state index contributed by atoms with van der Waals surface area (Å²) in [6.45, 7) is 5.45. The zero-order valence-electron chi connectivity index (χ0n) is 18.4. The molecule has 1 N–H and O–H groups in total. The van der Waals surface area contributed by atoms with E-state index in [1.54, 1.807) is 35.2 Å². The van der Waals surface area contributed by atoms with Crippen LogP contribution in [-0.4, -0.2) is 53.7 Å². The van der Waals surface area contributed by atoms with Gasteiger partial charge in [-0.2, -0.15) is 15.3 Å². The van der Waals surface area contributed by atoms with Crippen molar-refractivity contribution < 1.29 is 9.53 Å². The summed E-state index contributed by atoms with van der Waals surface area (Å²) in [5.41, 5.74) is 3.46. The van der Waals surface area contributed by atoms with Gasteiger partial charge in [-0.15, -0.1) is 4.80 Å². The molecule has 1 aliphatic heterocycles. The predicted octanol–water partition coefficient (Wildman–Crippen LogP) is 3.53. The highest BCUT2D eigenvalue weighted by atomic mass is 35.5. The number of carbonyl (C=O) groups is 1. The third-order valence-corrected chi connectivity index (χ3v) is 6.84. The van der Waals surface area contributed by atoms with Crippen LogP contribution in [0.25, 0.3) is 11.5 Å². The molecule has 4 aromatic heterocycles. The fourth-order valence-corrected chi connectivity index (χ4v) is 5.06. The van der Waals surface area contributed by atoms with Gasteiger partial charge in [-0.1, -0.05) is 37.0 Å². The van der Waals surface area contributed by atoms with Gasteiger partial charge < -0.3 is 10.1 Å². The monoisotopic (exact) mass is 498 g/mol. The van der Waals surface area contributed by atoms with Crippen molar-refractivity contribution in [3.63, 3.8) is 0 Å². The number of amides is 1. The van der Waals surface area contributed by atoms with Gasteiger partial charge in [0, 0.05) is 23.2 Å². The minimum atomic E-state index is -0.400. The van der Waals surface area contributed by atoms with Crippen molar-refractivity contribution in [2.45, 2.75) is 37.5 Å². The Balaban J connectivity index is 1.25. The number of rotatable bonds is 4. The Morgan fingerprint density at radius 1 is 1.15 bits per heavy atom. The summed E-state index contributed by atoms with van der Waals surface area (Å²) in [4.78, 5) is 23.5. The molecular weight excluding hydrogens is 479 g/mol. The van der Waals surface area contributed by atoms with Crippen molar-refractivity contribution in [2.75, 3.05) is 18.5 Å². The lowest BCUT2D eigenvalue weighted by atomic mass is 9.88. The quantitative estimate of drug-likeness (QED) is 0.457. The summed E-state index contributed by atoms with van der Waals surface area (Å²) < 4.78 is 6.94. The van der Waals surface area contributed by atoms with Crippen LogP contribution in [0, 0.1) is 0 Å². The zero-order chi connectivity index (χ0) is 23.6. The molecule has 0 radical (unpaired) electrons. The van der Waals surface area contributed by atoms with E-state index in [1.165, 1.54) is 4.80 Å². The van der Waals surface area contributed by atoms with Crippen LogP contribution in [0.3, 0.4) is 0 Å². The minimum Gasteiger partial charge on any atom is -0.380 e. The average molecular weight is 499 g/mol. The van der Waals surface area contributed by atoms with E-state index in [9.17, 15) is 4.79 Å². The van der Waals surface area contributed by atoms with Crippen molar-refractivity contribution >= 4 is 40.4 Å². The second kappa shape index (κ2) is 7.72. The second-order valence-electron chi connectivity index (χ2n) is 9.25. The van der Waals surface area contributed by atoms with Crippen LogP contribution < -0.4 is 5.32 Å². The molecule has 5 heterocycles. The molecule has 4 aromatic rings. The molecule has 12 heteroatoms. The van der Waals surface area contributed by atoms with Gasteiger partial charge in [0.1, 0.15) is 0 Å². The Hall–Kier alpha value is -3.08. The number of ether oxygens (including phenoxy) is 1. The van der Waals surface area contributed by atoms with E-state index in [2.05, 4.69) is 44.4 Å². The van der Waals surface area contributed by atoms with Gasteiger partial charge in [0.25, 0.3) is 0 Å². The molecule has 34 heavy (non-hydrogen) atoms. The van der Waals surface area contributed by atoms with E-state index in [1.807, 2.05) is 0 Å². The first kappa shape index (κ1) is 21.5. The second-order valence-corrected chi connectivity index (χ2v) is 10.0. The van der Waals surface area contributed by atoms with Crippen LogP contribution in [0.1, 0.15) is 49.1 Å². The SMILES string of the molecule is CC1(C)C[C@H](C(=O)Nc2cnc(-n3ncc(C4COC4)n3)c(Cl)c2)c2cnc3cc(Cl)nn3c21. The summed E-state index contributed by atoms with van der Waals surface area (Å²) in [6, 6.07) is 3.35. The van der Waals surface area contributed by atoms with Crippen LogP contribution in [0.4, 0.5) is 5.69 Å². The third-order valence-electron chi connectivity index (χ3n) is 6.37. The highest BCUT2D eigenvalue weighted by Crippen LogP contribution is 2.46. The highest BCUT2D eigenvalue weighted by Gasteiger charge is 2.43. The Morgan fingerprint density at radius 3 is 2.71 bits per heavy atom. The fourth-order valence-electron chi connectivity index (χ4n) is 4.65. The lowest BCUT2D eigenvalue weighted by Gasteiger charge is -2.23. The number of fused-ring (bicyclic) bond motifs is 3. The van der Waals surface area contributed by atoms with E-state index in [-0.39, 0.29) is 17.2 Å². The predicted molar refractivity (Wildman–Crippen MR) is 125 cm³/mol. The number of hydrogen-bond donors (Lipinski definition) is 1. The van der Waals surface area contributed by atoms with Crippen molar-refractivity contribution in [1.29, 1.82) is 0 Å². The van der Waals surface area contributed by atoms with Gasteiger partial charge in [0.15, 0.2) is 16.6 Å². The summed E-state index contributed by atoms with van der Waals surface area (Å²) in [7, 11) is 0. The van der Waals surface area contributed by atoms with Crippen molar-refractivity contribution in [2.24, 2.45) is 0 Å². The van der Waals surface area contributed by atoms with Crippen LogP contribution in [0.5, 0.6) is 0 Å². The maximum Gasteiger partial charge on any atom is 0.232 e. The normalized spacial score (nSPS) is 19.2. The molecule has 1 saturated heterocycles. The minimum absolute atomic E-state index is 0.165. The Labute approximate surface area is 204 Å². The molecule has 2 aliphatic rings. The highest BCUT2D eigenvalue weighted by molar-refractivity contribution is 6.32. The van der Waals surface area contributed by atoms with E-state index in [0.717, 1.165) is 17.0 Å². The van der Waals surface area contributed by atoms with Crippen molar-refractivity contribution in [3.05, 3.63) is 57.9 Å². The first-order chi connectivity index (χ1) is 16.3. The van der Waals surface area contributed by atoms with Crippen molar-refractivity contribution in [1.82, 2.24) is 34.6 Å². The number of aromatic nitrogens is 7. The van der Waals surface area contributed by atoms with Gasteiger partial charge in [-0.05, 0) is 12.5 Å². The molecule has 0 spiro atoms. The summed E-state index contributed by atoms with van der Waals surface area (Å²) in [5.74, 6) is 0.0727. The van der Waals surface area contributed by atoms with Gasteiger partial charge in [0.05, 0.1) is 59.5 Å². The molecule has 0 unspecified atom stereocenters. The lowest BCUT2D eigenvalue weighted by molar-refractivity contribution is -0.117. The fraction of sp³-hybridized carbons (Fsp3) is 0.364. The number of nitrogens with one attached hydrogen (secondary N) is 1. The van der Waals surface area contributed by atoms with Crippen LogP contribution in [0.15, 0.2) is 30.7 Å². The van der Waals surface area contributed by atoms with E-state index in [4.69, 9.17) is 27.9 Å². The number of anilines is 1. The Bertz CT molecular complexity index is 1440. The van der Waals surface area contributed by atoms with E-state index >= 15 is 0 Å². The number of halogens is 2. The Kier molecular flexibility index (Phi) is 4.87. The van der Waals surface area contributed by atoms with Gasteiger partial charge >= 0.3 is 0 Å². The number of pyridine rings is 1. The molecule has 0 saturated carbocycles. The largest absolute Gasteiger partial charge is 0.380 e. The van der Waals surface area contributed by atoms with Crippen LogP contribution >= 0.6 is 23.2 Å². The number of hydrogen-bond acceptors (Lipinski definition) is 7. The van der Waals surface area contributed by atoms with Gasteiger partial charge in [-0.3, -0.25) is 4.79 Å². The van der Waals surface area contributed by atoms with Crippen LogP contribution in [-0.2, 0) is 14.9 Å². The number of carbonyl (C=O) groups excluding carboxylic acids is 1. The van der Waals surface area contributed by atoms with Crippen LogP contribution in [0.2, 0.25) is 10.2 Å².